The first-order valence-corrected chi connectivity index (χ1v) is 8.55. The minimum Gasteiger partial charge on any atom is -0.344 e. The van der Waals surface area contributed by atoms with Crippen molar-refractivity contribution >= 4 is 17.4 Å². The van der Waals surface area contributed by atoms with Crippen LogP contribution in [0.1, 0.15) is 40.1 Å². The van der Waals surface area contributed by atoms with Crippen LogP contribution in [0.2, 0.25) is 0 Å². The van der Waals surface area contributed by atoms with Crippen LogP contribution in [0, 0.1) is 13.8 Å². The summed E-state index contributed by atoms with van der Waals surface area (Å²) in [7, 11) is 0. The van der Waals surface area contributed by atoms with Crippen LogP contribution in [-0.4, -0.2) is 15.9 Å². The number of aromatic nitrogens is 2. The first-order chi connectivity index (χ1) is 12.5. The van der Waals surface area contributed by atoms with E-state index in [1.54, 1.807) is 6.20 Å². The maximum absolute atomic E-state index is 12.3. The molecule has 3 aromatic rings. The standard InChI is InChI=1S/C21H22N4O/c1-14-9-10-18(11-15(14)2)25-20-13-22-19(12-23-20)21(26)24-16(3)17-7-5-4-6-8-17/h4-13,16H,1-3H3,(H,23,25)(H,24,26). The minimum absolute atomic E-state index is 0.0983. The van der Waals surface area contributed by atoms with Gasteiger partial charge in [0.1, 0.15) is 11.5 Å². The van der Waals surface area contributed by atoms with Gasteiger partial charge in [0.05, 0.1) is 18.4 Å². The van der Waals surface area contributed by atoms with Gasteiger partial charge in [-0.15, -0.1) is 0 Å². The van der Waals surface area contributed by atoms with E-state index in [-0.39, 0.29) is 11.9 Å². The quantitative estimate of drug-likeness (QED) is 0.722. The van der Waals surface area contributed by atoms with Gasteiger partial charge >= 0.3 is 0 Å². The highest BCUT2D eigenvalue weighted by Gasteiger charge is 2.13. The first kappa shape index (κ1) is 17.6. The summed E-state index contributed by atoms with van der Waals surface area (Å²) in [5.41, 5.74) is 4.72. The zero-order chi connectivity index (χ0) is 18.5. The molecular formula is C21H22N4O. The summed E-state index contributed by atoms with van der Waals surface area (Å²) >= 11 is 0. The largest absolute Gasteiger partial charge is 0.344 e. The molecule has 1 aromatic heterocycles. The summed E-state index contributed by atoms with van der Waals surface area (Å²) in [6, 6.07) is 15.8. The molecule has 0 saturated carbocycles. The highest BCUT2D eigenvalue weighted by molar-refractivity contribution is 5.92. The second-order valence-corrected chi connectivity index (χ2v) is 6.32. The Morgan fingerprint density at radius 3 is 2.38 bits per heavy atom. The summed E-state index contributed by atoms with van der Waals surface area (Å²) in [4.78, 5) is 20.9. The first-order valence-electron chi connectivity index (χ1n) is 8.55. The Hall–Kier alpha value is -3.21. The number of benzene rings is 2. The lowest BCUT2D eigenvalue weighted by atomic mass is 10.1. The van der Waals surface area contributed by atoms with Gasteiger partial charge in [-0.05, 0) is 49.6 Å². The molecule has 1 unspecified atom stereocenters. The third-order valence-corrected chi connectivity index (χ3v) is 4.31. The lowest BCUT2D eigenvalue weighted by Crippen LogP contribution is -2.27. The molecule has 5 nitrogen and oxygen atoms in total. The van der Waals surface area contributed by atoms with Gasteiger partial charge in [-0.2, -0.15) is 0 Å². The number of carbonyl (C=O) groups excluding carboxylic acids is 1. The van der Waals surface area contributed by atoms with E-state index in [9.17, 15) is 4.79 Å². The molecule has 5 heteroatoms. The van der Waals surface area contributed by atoms with Crippen molar-refractivity contribution in [2.45, 2.75) is 26.8 Å². The molecule has 26 heavy (non-hydrogen) atoms. The molecule has 2 aromatic carbocycles. The van der Waals surface area contributed by atoms with Gasteiger partial charge in [-0.25, -0.2) is 9.97 Å². The van der Waals surface area contributed by atoms with Crippen LogP contribution in [0.3, 0.4) is 0 Å². The summed E-state index contributed by atoms with van der Waals surface area (Å²) in [5.74, 6) is 0.354. The number of amides is 1. The Labute approximate surface area is 153 Å². The van der Waals surface area contributed by atoms with E-state index in [1.165, 1.54) is 17.3 Å². The van der Waals surface area contributed by atoms with Crippen molar-refractivity contribution in [2.24, 2.45) is 0 Å². The monoisotopic (exact) mass is 346 g/mol. The average molecular weight is 346 g/mol. The maximum atomic E-state index is 12.3. The second kappa shape index (κ2) is 7.78. The van der Waals surface area contributed by atoms with Crippen LogP contribution in [0.15, 0.2) is 60.9 Å². The SMILES string of the molecule is Cc1ccc(Nc2cnc(C(=O)NC(C)c3ccccc3)cn2)cc1C. The minimum atomic E-state index is -0.244. The molecule has 3 rings (SSSR count). The molecule has 132 valence electrons. The molecule has 0 aliphatic carbocycles. The maximum Gasteiger partial charge on any atom is 0.271 e. The molecule has 0 bridgehead atoms. The molecule has 1 atom stereocenters. The topological polar surface area (TPSA) is 66.9 Å². The van der Waals surface area contributed by atoms with Gasteiger partial charge in [0.2, 0.25) is 0 Å². The molecule has 0 aliphatic heterocycles. The second-order valence-electron chi connectivity index (χ2n) is 6.32. The number of anilines is 2. The third kappa shape index (κ3) is 4.25. The molecule has 0 spiro atoms. The van der Waals surface area contributed by atoms with E-state index < -0.39 is 0 Å². The van der Waals surface area contributed by atoms with Gasteiger partial charge in [0.25, 0.3) is 5.91 Å². The van der Waals surface area contributed by atoms with Gasteiger partial charge < -0.3 is 10.6 Å². The Morgan fingerprint density at radius 1 is 0.962 bits per heavy atom. The van der Waals surface area contributed by atoms with Gasteiger partial charge in [-0.1, -0.05) is 36.4 Å². The number of rotatable bonds is 5. The number of aryl methyl sites for hydroxylation is 2. The van der Waals surface area contributed by atoms with Crippen molar-refractivity contribution in [1.82, 2.24) is 15.3 Å². The predicted molar refractivity (Wildman–Crippen MR) is 104 cm³/mol. The summed E-state index contributed by atoms with van der Waals surface area (Å²) in [6.07, 6.45) is 3.05. The van der Waals surface area contributed by atoms with Crippen LogP contribution in [0.4, 0.5) is 11.5 Å². The average Bonchev–Trinajstić information content (AvgIpc) is 2.66. The number of nitrogens with zero attached hydrogens (tertiary/aromatic N) is 2. The fourth-order valence-electron chi connectivity index (χ4n) is 2.57. The van der Waals surface area contributed by atoms with Crippen molar-refractivity contribution in [3.05, 3.63) is 83.3 Å². The zero-order valence-corrected chi connectivity index (χ0v) is 15.2. The van der Waals surface area contributed by atoms with Gasteiger partial charge in [0.15, 0.2) is 0 Å². The van der Waals surface area contributed by atoms with E-state index in [0.717, 1.165) is 11.3 Å². The summed E-state index contributed by atoms with van der Waals surface area (Å²) in [5, 5.41) is 6.13. The van der Waals surface area contributed by atoms with Crippen LogP contribution in [0.25, 0.3) is 0 Å². The van der Waals surface area contributed by atoms with Gasteiger partial charge in [0, 0.05) is 5.69 Å². The fraction of sp³-hybridized carbons (Fsp3) is 0.190. The molecular weight excluding hydrogens is 324 g/mol. The van der Waals surface area contributed by atoms with E-state index in [4.69, 9.17) is 0 Å². The van der Waals surface area contributed by atoms with Crippen molar-refractivity contribution in [2.75, 3.05) is 5.32 Å². The number of nitrogens with one attached hydrogen (secondary N) is 2. The van der Waals surface area contributed by atoms with E-state index in [1.807, 2.05) is 43.3 Å². The van der Waals surface area contributed by atoms with Crippen molar-refractivity contribution in [3.63, 3.8) is 0 Å². The zero-order valence-electron chi connectivity index (χ0n) is 15.2. The smallest absolute Gasteiger partial charge is 0.271 e. The van der Waals surface area contributed by atoms with Crippen LogP contribution < -0.4 is 10.6 Å². The van der Waals surface area contributed by atoms with E-state index in [0.29, 0.717) is 11.5 Å². The highest BCUT2D eigenvalue weighted by Crippen LogP contribution is 2.18. The number of carbonyl (C=O) groups is 1. The van der Waals surface area contributed by atoms with E-state index >= 15 is 0 Å². The Kier molecular flexibility index (Phi) is 5.27. The Morgan fingerprint density at radius 2 is 1.73 bits per heavy atom. The Bertz CT molecular complexity index is 892. The molecule has 0 radical (unpaired) electrons. The molecule has 0 fully saturated rings. The molecule has 0 aliphatic rings. The normalized spacial score (nSPS) is 11.7. The molecule has 1 amide bonds. The fourth-order valence-corrected chi connectivity index (χ4v) is 2.57. The highest BCUT2D eigenvalue weighted by atomic mass is 16.1. The van der Waals surface area contributed by atoms with E-state index in [2.05, 4.69) is 46.6 Å². The lowest BCUT2D eigenvalue weighted by molar-refractivity contribution is 0.0934. The van der Waals surface area contributed by atoms with Crippen LogP contribution >= 0.6 is 0 Å². The summed E-state index contributed by atoms with van der Waals surface area (Å²) < 4.78 is 0. The number of hydrogen-bond acceptors (Lipinski definition) is 4. The molecule has 0 saturated heterocycles. The van der Waals surface area contributed by atoms with Crippen molar-refractivity contribution in [1.29, 1.82) is 0 Å². The molecule has 2 N–H and O–H groups in total. The van der Waals surface area contributed by atoms with Gasteiger partial charge in [-0.3, -0.25) is 4.79 Å². The van der Waals surface area contributed by atoms with Crippen molar-refractivity contribution in [3.8, 4) is 0 Å². The number of hydrogen-bond donors (Lipinski definition) is 2. The third-order valence-electron chi connectivity index (χ3n) is 4.31. The lowest BCUT2D eigenvalue weighted by Gasteiger charge is -2.14. The predicted octanol–water partition coefficient (Wildman–Crippen LogP) is 4.33. The summed E-state index contributed by atoms with van der Waals surface area (Å²) in [6.45, 7) is 6.08. The van der Waals surface area contributed by atoms with Crippen LogP contribution in [-0.2, 0) is 0 Å². The van der Waals surface area contributed by atoms with Crippen molar-refractivity contribution < 1.29 is 4.79 Å². The Balaban J connectivity index is 1.65. The van der Waals surface area contributed by atoms with Crippen LogP contribution in [0.5, 0.6) is 0 Å². The molecule has 1 heterocycles.